The van der Waals surface area contributed by atoms with Crippen LogP contribution in [-0.2, 0) is 0 Å². The van der Waals surface area contributed by atoms with Crippen LogP contribution >= 0.6 is 11.6 Å². The molecule has 28 heavy (non-hydrogen) atoms. The average Bonchev–Trinajstić information content (AvgIpc) is 2.96. The van der Waals surface area contributed by atoms with Crippen molar-refractivity contribution in [2.45, 2.75) is 26.7 Å². The van der Waals surface area contributed by atoms with Gasteiger partial charge in [-0.05, 0) is 19.1 Å². The summed E-state index contributed by atoms with van der Waals surface area (Å²) < 4.78 is 1.80. The highest BCUT2D eigenvalue weighted by Gasteiger charge is 2.13. The van der Waals surface area contributed by atoms with E-state index in [4.69, 9.17) is 11.6 Å². The molecular weight excluding hydrogens is 374 g/mol. The highest BCUT2D eigenvalue weighted by atomic mass is 35.5. The summed E-state index contributed by atoms with van der Waals surface area (Å²) in [6, 6.07) is 11.7. The molecule has 0 fully saturated rings. The third-order valence-electron chi connectivity index (χ3n) is 4.20. The molecule has 0 amide bonds. The molecule has 0 saturated heterocycles. The van der Waals surface area contributed by atoms with Gasteiger partial charge in [0.1, 0.15) is 11.6 Å². The molecule has 1 aromatic carbocycles. The number of para-hydroxylation sites is 1. The maximum atomic E-state index is 6.33. The van der Waals surface area contributed by atoms with Gasteiger partial charge in [-0.3, -0.25) is 5.43 Å². The van der Waals surface area contributed by atoms with Crippen LogP contribution in [-0.4, -0.2) is 40.1 Å². The maximum Gasteiger partial charge on any atom is 0.160 e. The number of hydrogen-bond acceptors (Lipinski definition) is 6. The Bertz CT molecular complexity index is 951. The number of hydrazone groups is 1. The average molecular weight is 398 g/mol. The highest BCUT2D eigenvalue weighted by Crippen LogP contribution is 2.21. The molecule has 0 bridgehead atoms. The van der Waals surface area contributed by atoms with Crippen molar-refractivity contribution in [3.8, 4) is 5.69 Å². The number of anilines is 2. The molecule has 7 nitrogen and oxygen atoms in total. The molecule has 0 atom stereocenters. The Kier molecular flexibility index (Phi) is 5.94. The molecule has 0 aliphatic carbocycles. The Balaban J connectivity index is 1.85. The van der Waals surface area contributed by atoms with Gasteiger partial charge in [-0.2, -0.15) is 10.2 Å². The Hall–Kier alpha value is -2.93. The number of hydrogen-bond donors (Lipinski definition) is 1. The number of rotatable bonds is 6. The lowest BCUT2D eigenvalue weighted by Crippen LogP contribution is -2.13. The molecule has 2 heterocycles. The quantitative estimate of drug-likeness (QED) is 0.497. The van der Waals surface area contributed by atoms with Crippen molar-refractivity contribution in [1.82, 2.24) is 19.7 Å². The Labute approximate surface area is 170 Å². The number of benzene rings is 1. The van der Waals surface area contributed by atoms with E-state index in [-0.39, 0.29) is 5.92 Å². The summed E-state index contributed by atoms with van der Waals surface area (Å²) in [5.41, 5.74) is 5.59. The molecule has 0 unspecified atom stereocenters. The molecule has 0 radical (unpaired) electrons. The molecule has 146 valence electrons. The molecule has 0 aliphatic rings. The summed E-state index contributed by atoms with van der Waals surface area (Å²) in [7, 11) is 3.89. The minimum Gasteiger partial charge on any atom is -0.363 e. The van der Waals surface area contributed by atoms with Crippen LogP contribution in [0.5, 0.6) is 0 Å². The van der Waals surface area contributed by atoms with E-state index in [1.165, 1.54) is 0 Å². The van der Waals surface area contributed by atoms with Gasteiger partial charge in [0.2, 0.25) is 0 Å². The van der Waals surface area contributed by atoms with E-state index in [1.54, 1.807) is 10.9 Å². The van der Waals surface area contributed by atoms with Crippen molar-refractivity contribution >= 4 is 29.5 Å². The summed E-state index contributed by atoms with van der Waals surface area (Å²) in [5, 5.41) is 9.13. The summed E-state index contributed by atoms with van der Waals surface area (Å²) in [5.74, 6) is 2.42. The van der Waals surface area contributed by atoms with E-state index in [0.717, 1.165) is 28.6 Å². The lowest BCUT2D eigenvalue weighted by molar-refractivity contribution is 0.771. The SMILES string of the molecule is Cc1c(C=NNc2cc(N(C)C)nc(C(C)C)n2)c(Cl)nn1-c1ccccc1. The Morgan fingerprint density at radius 2 is 1.89 bits per heavy atom. The second-order valence-corrected chi connectivity index (χ2v) is 7.28. The number of halogens is 1. The minimum atomic E-state index is 0.213. The normalized spacial score (nSPS) is 11.4. The van der Waals surface area contributed by atoms with Crippen molar-refractivity contribution in [3.05, 3.63) is 58.6 Å². The van der Waals surface area contributed by atoms with Gasteiger partial charge in [0.25, 0.3) is 0 Å². The number of nitrogens with one attached hydrogen (secondary N) is 1. The fraction of sp³-hybridized carbons (Fsp3) is 0.300. The van der Waals surface area contributed by atoms with Crippen LogP contribution in [0.2, 0.25) is 5.15 Å². The Morgan fingerprint density at radius 3 is 2.54 bits per heavy atom. The third kappa shape index (κ3) is 4.31. The van der Waals surface area contributed by atoms with Crippen molar-refractivity contribution in [1.29, 1.82) is 0 Å². The summed E-state index contributed by atoms with van der Waals surface area (Å²) in [4.78, 5) is 11.0. The van der Waals surface area contributed by atoms with Crippen molar-refractivity contribution in [3.63, 3.8) is 0 Å². The van der Waals surface area contributed by atoms with Crippen LogP contribution in [0.15, 0.2) is 41.5 Å². The van der Waals surface area contributed by atoms with Crippen molar-refractivity contribution in [2.75, 3.05) is 24.4 Å². The second-order valence-electron chi connectivity index (χ2n) is 6.93. The van der Waals surface area contributed by atoms with Crippen molar-refractivity contribution < 1.29 is 0 Å². The van der Waals surface area contributed by atoms with E-state index < -0.39 is 0 Å². The molecular formula is C20H24ClN7. The predicted molar refractivity (Wildman–Crippen MR) is 115 cm³/mol. The Morgan fingerprint density at radius 1 is 1.18 bits per heavy atom. The topological polar surface area (TPSA) is 71.2 Å². The first kappa shape index (κ1) is 19.8. The van der Waals surface area contributed by atoms with Gasteiger partial charge < -0.3 is 4.90 Å². The fourth-order valence-corrected chi connectivity index (χ4v) is 2.87. The standard InChI is InChI=1S/C20H24ClN7/c1-13(2)20-23-17(11-18(24-20)27(4)5)25-22-12-16-14(3)28(26-19(16)21)15-9-7-6-8-10-15/h6-13H,1-5H3,(H,23,24,25). The maximum absolute atomic E-state index is 6.33. The molecule has 0 aliphatic heterocycles. The zero-order chi connectivity index (χ0) is 20.3. The summed E-state index contributed by atoms with van der Waals surface area (Å²) in [6.45, 7) is 6.07. The zero-order valence-corrected chi connectivity index (χ0v) is 17.4. The van der Waals surface area contributed by atoms with E-state index in [9.17, 15) is 0 Å². The molecule has 3 rings (SSSR count). The van der Waals surface area contributed by atoms with E-state index in [2.05, 4.69) is 39.4 Å². The highest BCUT2D eigenvalue weighted by molar-refractivity contribution is 6.32. The summed E-state index contributed by atoms with van der Waals surface area (Å²) in [6.07, 6.45) is 1.66. The fourth-order valence-electron chi connectivity index (χ4n) is 2.61. The smallest absolute Gasteiger partial charge is 0.160 e. The molecule has 1 N–H and O–H groups in total. The predicted octanol–water partition coefficient (Wildman–Crippen LogP) is 4.26. The third-order valence-corrected chi connectivity index (χ3v) is 4.47. The first-order valence-electron chi connectivity index (χ1n) is 9.02. The van der Waals surface area contributed by atoms with Crippen LogP contribution in [0.3, 0.4) is 0 Å². The van der Waals surface area contributed by atoms with Crippen LogP contribution in [0.1, 0.15) is 36.8 Å². The van der Waals surface area contributed by atoms with Crippen LogP contribution in [0.4, 0.5) is 11.6 Å². The van der Waals surface area contributed by atoms with Crippen molar-refractivity contribution in [2.24, 2.45) is 5.10 Å². The number of aromatic nitrogens is 4. The van der Waals surface area contributed by atoms with Gasteiger partial charge in [0.15, 0.2) is 11.0 Å². The van der Waals surface area contributed by atoms with Gasteiger partial charge in [-0.15, -0.1) is 0 Å². The van der Waals surface area contributed by atoms with E-state index >= 15 is 0 Å². The second kappa shape index (κ2) is 8.39. The van der Waals surface area contributed by atoms with Gasteiger partial charge in [0.05, 0.1) is 23.2 Å². The zero-order valence-electron chi connectivity index (χ0n) is 16.7. The molecule has 8 heteroatoms. The van der Waals surface area contributed by atoms with E-state index in [1.807, 2.05) is 62.3 Å². The van der Waals surface area contributed by atoms with Gasteiger partial charge >= 0.3 is 0 Å². The first-order chi connectivity index (χ1) is 13.4. The lowest BCUT2D eigenvalue weighted by atomic mass is 10.2. The summed E-state index contributed by atoms with van der Waals surface area (Å²) >= 11 is 6.33. The molecule has 0 spiro atoms. The van der Waals surface area contributed by atoms with Gasteiger partial charge in [0, 0.05) is 26.1 Å². The van der Waals surface area contributed by atoms with Crippen LogP contribution < -0.4 is 10.3 Å². The molecule has 2 aromatic heterocycles. The van der Waals surface area contributed by atoms with Crippen LogP contribution in [0.25, 0.3) is 5.69 Å². The van der Waals surface area contributed by atoms with Crippen LogP contribution in [0, 0.1) is 6.92 Å². The molecule has 3 aromatic rings. The number of nitrogens with zero attached hydrogens (tertiary/aromatic N) is 6. The largest absolute Gasteiger partial charge is 0.363 e. The molecule has 0 saturated carbocycles. The lowest BCUT2D eigenvalue weighted by Gasteiger charge is -2.15. The van der Waals surface area contributed by atoms with Gasteiger partial charge in [-0.25, -0.2) is 14.6 Å². The monoisotopic (exact) mass is 397 g/mol. The van der Waals surface area contributed by atoms with Gasteiger partial charge in [-0.1, -0.05) is 43.6 Å². The minimum absolute atomic E-state index is 0.213. The van der Waals surface area contributed by atoms with E-state index in [0.29, 0.717) is 11.0 Å². The first-order valence-corrected chi connectivity index (χ1v) is 9.40.